The standard InChI is InChI=1S/C15H24N4/c1-4-12(2)19(3)9-8-16-10-13-11-18-15-14(13)6-5-7-17-15/h5-7,11-12,16H,4,8-10H2,1-3H3,(H,17,18). The van der Waals surface area contributed by atoms with E-state index in [4.69, 9.17) is 0 Å². The number of fused-ring (bicyclic) bond motifs is 1. The van der Waals surface area contributed by atoms with Gasteiger partial charge in [0.15, 0.2) is 0 Å². The van der Waals surface area contributed by atoms with Gasteiger partial charge in [0.2, 0.25) is 0 Å². The Kier molecular flexibility index (Phi) is 4.93. The highest BCUT2D eigenvalue weighted by atomic mass is 15.1. The van der Waals surface area contributed by atoms with E-state index >= 15 is 0 Å². The largest absolute Gasteiger partial charge is 0.346 e. The van der Waals surface area contributed by atoms with Crippen LogP contribution in [-0.2, 0) is 6.54 Å². The molecular formula is C15H24N4. The second kappa shape index (κ2) is 6.68. The van der Waals surface area contributed by atoms with E-state index < -0.39 is 0 Å². The molecule has 2 heterocycles. The fraction of sp³-hybridized carbons (Fsp3) is 0.533. The van der Waals surface area contributed by atoms with Gasteiger partial charge in [-0.1, -0.05) is 6.92 Å². The second-order valence-electron chi connectivity index (χ2n) is 5.13. The number of rotatable bonds is 7. The molecule has 4 heteroatoms. The van der Waals surface area contributed by atoms with Crippen molar-refractivity contribution in [3.05, 3.63) is 30.1 Å². The number of aromatic nitrogens is 2. The predicted octanol–water partition coefficient (Wildman–Crippen LogP) is 2.38. The highest BCUT2D eigenvalue weighted by Gasteiger charge is 2.06. The van der Waals surface area contributed by atoms with E-state index in [0.29, 0.717) is 6.04 Å². The highest BCUT2D eigenvalue weighted by Crippen LogP contribution is 2.14. The summed E-state index contributed by atoms with van der Waals surface area (Å²) < 4.78 is 0. The lowest BCUT2D eigenvalue weighted by atomic mass is 10.2. The van der Waals surface area contributed by atoms with E-state index in [9.17, 15) is 0 Å². The third-order valence-corrected chi connectivity index (χ3v) is 3.84. The van der Waals surface area contributed by atoms with Gasteiger partial charge in [0, 0.05) is 43.5 Å². The first-order valence-corrected chi connectivity index (χ1v) is 7.04. The molecule has 2 rings (SSSR count). The summed E-state index contributed by atoms with van der Waals surface area (Å²) in [6, 6.07) is 4.75. The molecular weight excluding hydrogens is 236 g/mol. The number of pyridine rings is 1. The summed E-state index contributed by atoms with van der Waals surface area (Å²) in [6.45, 7) is 7.47. The van der Waals surface area contributed by atoms with Gasteiger partial charge in [-0.25, -0.2) is 4.98 Å². The molecule has 0 aliphatic heterocycles. The summed E-state index contributed by atoms with van der Waals surface area (Å²) in [7, 11) is 2.19. The number of nitrogens with zero attached hydrogens (tertiary/aromatic N) is 2. The second-order valence-corrected chi connectivity index (χ2v) is 5.13. The maximum Gasteiger partial charge on any atom is 0.137 e. The molecule has 2 aromatic heterocycles. The summed E-state index contributed by atoms with van der Waals surface area (Å²) in [5.41, 5.74) is 2.25. The fourth-order valence-electron chi connectivity index (χ4n) is 2.17. The van der Waals surface area contributed by atoms with Crippen molar-refractivity contribution in [1.82, 2.24) is 20.2 Å². The van der Waals surface area contributed by atoms with Crippen LogP contribution < -0.4 is 5.32 Å². The van der Waals surface area contributed by atoms with Crippen LogP contribution >= 0.6 is 0 Å². The summed E-state index contributed by atoms with van der Waals surface area (Å²) in [5, 5.41) is 4.71. The third kappa shape index (κ3) is 3.55. The smallest absolute Gasteiger partial charge is 0.137 e. The Labute approximate surface area is 115 Å². The van der Waals surface area contributed by atoms with Crippen molar-refractivity contribution in [2.75, 3.05) is 20.1 Å². The van der Waals surface area contributed by atoms with Crippen molar-refractivity contribution in [1.29, 1.82) is 0 Å². The minimum absolute atomic E-state index is 0.652. The van der Waals surface area contributed by atoms with Gasteiger partial charge < -0.3 is 15.2 Å². The van der Waals surface area contributed by atoms with Gasteiger partial charge in [-0.05, 0) is 38.1 Å². The first kappa shape index (κ1) is 14.0. The highest BCUT2D eigenvalue weighted by molar-refractivity contribution is 5.79. The molecule has 2 aromatic rings. The zero-order valence-electron chi connectivity index (χ0n) is 12.1. The summed E-state index contributed by atoms with van der Waals surface area (Å²) in [5.74, 6) is 0. The zero-order valence-corrected chi connectivity index (χ0v) is 12.1. The van der Waals surface area contributed by atoms with E-state index in [0.717, 1.165) is 25.3 Å². The molecule has 104 valence electrons. The average molecular weight is 260 g/mol. The van der Waals surface area contributed by atoms with Gasteiger partial charge in [-0.3, -0.25) is 0 Å². The average Bonchev–Trinajstić information content (AvgIpc) is 2.86. The van der Waals surface area contributed by atoms with Crippen LogP contribution in [0.4, 0.5) is 0 Å². The van der Waals surface area contributed by atoms with E-state index in [2.05, 4.69) is 47.1 Å². The minimum atomic E-state index is 0.652. The van der Waals surface area contributed by atoms with Crippen molar-refractivity contribution in [3.63, 3.8) is 0 Å². The maximum atomic E-state index is 4.30. The lowest BCUT2D eigenvalue weighted by Crippen LogP contribution is -2.34. The van der Waals surface area contributed by atoms with Crippen molar-refractivity contribution in [2.24, 2.45) is 0 Å². The number of hydrogen-bond donors (Lipinski definition) is 2. The number of likely N-dealkylation sites (N-methyl/N-ethyl adjacent to an activating group) is 1. The van der Waals surface area contributed by atoms with E-state index in [-0.39, 0.29) is 0 Å². The van der Waals surface area contributed by atoms with E-state index in [1.165, 1.54) is 17.4 Å². The fourth-order valence-corrected chi connectivity index (χ4v) is 2.17. The molecule has 0 amide bonds. The molecule has 0 saturated carbocycles. The third-order valence-electron chi connectivity index (χ3n) is 3.84. The Morgan fingerprint density at radius 1 is 1.47 bits per heavy atom. The summed E-state index contributed by atoms with van der Waals surface area (Å²) in [4.78, 5) is 9.90. The topological polar surface area (TPSA) is 44.0 Å². The Bertz CT molecular complexity index is 506. The Morgan fingerprint density at radius 2 is 2.32 bits per heavy atom. The molecule has 2 N–H and O–H groups in total. The van der Waals surface area contributed by atoms with Crippen LogP contribution in [0.2, 0.25) is 0 Å². The Hall–Kier alpha value is -1.39. The quantitative estimate of drug-likeness (QED) is 0.751. The van der Waals surface area contributed by atoms with Gasteiger partial charge in [-0.2, -0.15) is 0 Å². The Balaban J connectivity index is 1.80. The van der Waals surface area contributed by atoms with Crippen molar-refractivity contribution in [3.8, 4) is 0 Å². The Morgan fingerprint density at radius 3 is 3.11 bits per heavy atom. The lowest BCUT2D eigenvalue weighted by molar-refractivity contribution is 0.252. The van der Waals surface area contributed by atoms with Gasteiger partial charge in [0.25, 0.3) is 0 Å². The lowest BCUT2D eigenvalue weighted by Gasteiger charge is -2.23. The molecule has 1 atom stereocenters. The normalized spacial score (nSPS) is 13.3. The zero-order chi connectivity index (χ0) is 13.7. The van der Waals surface area contributed by atoms with Gasteiger partial charge in [0.05, 0.1) is 0 Å². The van der Waals surface area contributed by atoms with E-state index in [1.807, 2.05) is 18.5 Å². The van der Waals surface area contributed by atoms with Crippen molar-refractivity contribution >= 4 is 11.0 Å². The molecule has 0 aliphatic rings. The molecule has 19 heavy (non-hydrogen) atoms. The maximum absolute atomic E-state index is 4.30. The monoisotopic (exact) mass is 260 g/mol. The SMILES string of the molecule is CCC(C)N(C)CCNCc1c[nH]c2ncccc12. The van der Waals surface area contributed by atoms with E-state index in [1.54, 1.807) is 0 Å². The van der Waals surface area contributed by atoms with Crippen LogP contribution in [0.1, 0.15) is 25.8 Å². The summed E-state index contributed by atoms with van der Waals surface area (Å²) >= 11 is 0. The predicted molar refractivity (Wildman–Crippen MR) is 80.2 cm³/mol. The van der Waals surface area contributed by atoms with Crippen LogP contribution in [0.15, 0.2) is 24.5 Å². The van der Waals surface area contributed by atoms with Crippen molar-refractivity contribution < 1.29 is 0 Å². The van der Waals surface area contributed by atoms with Gasteiger partial charge >= 0.3 is 0 Å². The minimum Gasteiger partial charge on any atom is -0.346 e. The molecule has 0 bridgehead atoms. The first-order chi connectivity index (χ1) is 9.22. The van der Waals surface area contributed by atoms with Crippen LogP contribution in [0.3, 0.4) is 0 Å². The van der Waals surface area contributed by atoms with Crippen LogP contribution in [0.25, 0.3) is 11.0 Å². The first-order valence-electron chi connectivity index (χ1n) is 7.04. The molecule has 0 aromatic carbocycles. The molecule has 0 aliphatic carbocycles. The number of hydrogen-bond acceptors (Lipinski definition) is 3. The molecule has 0 spiro atoms. The molecule has 0 radical (unpaired) electrons. The number of aromatic amines is 1. The molecule has 4 nitrogen and oxygen atoms in total. The number of nitrogens with one attached hydrogen (secondary N) is 2. The van der Waals surface area contributed by atoms with Gasteiger partial charge in [-0.15, -0.1) is 0 Å². The summed E-state index contributed by atoms with van der Waals surface area (Å²) in [6.07, 6.45) is 5.06. The van der Waals surface area contributed by atoms with Crippen LogP contribution in [0.5, 0.6) is 0 Å². The molecule has 0 fully saturated rings. The van der Waals surface area contributed by atoms with Crippen LogP contribution in [-0.4, -0.2) is 41.0 Å². The van der Waals surface area contributed by atoms with Crippen LogP contribution in [0, 0.1) is 0 Å². The number of H-pyrrole nitrogens is 1. The van der Waals surface area contributed by atoms with Gasteiger partial charge in [0.1, 0.15) is 5.65 Å². The molecule has 0 saturated heterocycles. The molecule has 1 unspecified atom stereocenters. The van der Waals surface area contributed by atoms with Crippen molar-refractivity contribution in [2.45, 2.75) is 32.9 Å².